The van der Waals surface area contributed by atoms with Crippen molar-refractivity contribution in [3.05, 3.63) is 120 Å². The molecule has 28 heavy (non-hydrogen) atoms. The predicted molar refractivity (Wildman–Crippen MR) is 113 cm³/mol. The number of aromatic nitrogens is 1. The molecule has 0 radical (unpaired) electrons. The largest absolute Gasteiger partial charge is 0.384 e. The summed E-state index contributed by atoms with van der Waals surface area (Å²) in [4.78, 5) is 4.54. The summed E-state index contributed by atoms with van der Waals surface area (Å²) in [6.07, 6.45) is 1.81. The Kier molecular flexibility index (Phi) is 5.43. The summed E-state index contributed by atoms with van der Waals surface area (Å²) in [6.45, 7) is 0.694. The van der Waals surface area contributed by atoms with Crippen LogP contribution in [-0.4, -0.2) is 11.5 Å². The van der Waals surface area contributed by atoms with Gasteiger partial charge in [-0.1, -0.05) is 60.7 Å². The van der Waals surface area contributed by atoms with Gasteiger partial charge >= 0.3 is 0 Å². The SMILES string of the molecule is Fc1ccc(C(CNc2ccccc2)c2ccccc2-c2ccccn2)cc1. The van der Waals surface area contributed by atoms with Gasteiger partial charge < -0.3 is 5.32 Å². The molecule has 0 saturated heterocycles. The zero-order valence-electron chi connectivity index (χ0n) is 15.4. The molecule has 0 aliphatic heterocycles. The summed E-state index contributed by atoms with van der Waals surface area (Å²) in [7, 11) is 0. The van der Waals surface area contributed by atoms with Crippen LogP contribution in [0.25, 0.3) is 11.3 Å². The average molecular weight is 368 g/mol. The number of anilines is 1. The standard InChI is InChI=1S/C25H21FN2/c26-20-15-13-19(14-16-20)24(18-28-21-8-2-1-3-9-21)22-10-4-5-11-23(22)25-12-6-7-17-27-25/h1-17,24,28H,18H2. The van der Waals surface area contributed by atoms with Crippen molar-refractivity contribution >= 4 is 5.69 Å². The number of halogens is 1. The maximum absolute atomic E-state index is 13.5. The zero-order chi connectivity index (χ0) is 19.2. The number of rotatable bonds is 6. The minimum Gasteiger partial charge on any atom is -0.384 e. The van der Waals surface area contributed by atoms with Crippen molar-refractivity contribution in [3.63, 3.8) is 0 Å². The van der Waals surface area contributed by atoms with E-state index >= 15 is 0 Å². The van der Waals surface area contributed by atoms with Gasteiger partial charge in [0.1, 0.15) is 5.82 Å². The Morgan fingerprint density at radius 2 is 1.46 bits per heavy atom. The molecule has 2 nitrogen and oxygen atoms in total. The van der Waals surface area contributed by atoms with Crippen LogP contribution in [0.3, 0.4) is 0 Å². The molecule has 4 aromatic rings. The Morgan fingerprint density at radius 3 is 2.21 bits per heavy atom. The van der Waals surface area contributed by atoms with E-state index in [9.17, 15) is 4.39 Å². The van der Waals surface area contributed by atoms with Gasteiger partial charge in [0, 0.05) is 29.9 Å². The Hall–Kier alpha value is -3.46. The number of benzene rings is 3. The minimum atomic E-state index is -0.225. The lowest BCUT2D eigenvalue weighted by atomic mass is 9.87. The van der Waals surface area contributed by atoms with E-state index in [1.54, 1.807) is 6.20 Å². The third kappa shape index (κ3) is 4.09. The number of hydrogen-bond donors (Lipinski definition) is 1. The van der Waals surface area contributed by atoms with E-state index in [2.05, 4.69) is 22.4 Å². The fourth-order valence-electron chi connectivity index (χ4n) is 3.43. The highest BCUT2D eigenvalue weighted by atomic mass is 19.1. The van der Waals surface area contributed by atoms with Crippen molar-refractivity contribution in [1.82, 2.24) is 4.98 Å². The highest BCUT2D eigenvalue weighted by Crippen LogP contribution is 2.33. The minimum absolute atomic E-state index is 0.0546. The second kappa shape index (κ2) is 8.49. The first-order valence-electron chi connectivity index (χ1n) is 9.36. The molecule has 1 unspecified atom stereocenters. The van der Waals surface area contributed by atoms with E-state index in [0.29, 0.717) is 6.54 Å². The molecule has 1 atom stereocenters. The number of nitrogens with zero attached hydrogens (tertiary/aromatic N) is 1. The lowest BCUT2D eigenvalue weighted by Crippen LogP contribution is -2.15. The first kappa shape index (κ1) is 17.9. The van der Waals surface area contributed by atoms with Gasteiger partial charge in [0.2, 0.25) is 0 Å². The topological polar surface area (TPSA) is 24.9 Å². The number of pyridine rings is 1. The molecule has 3 aromatic carbocycles. The second-order valence-corrected chi connectivity index (χ2v) is 6.65. The summed E-state index contributed by atoms with van der Waals surface area (Å²) in [5.41, 5.74) is 5.31. The summed E-state index contributed by atoms with van der Waals surface area (Å²) >= 11 is 0. The molecule has 0 amide bonds. The Balaban J connectivity index is 1.74. The molecule has 0 bridgehead atoms. The van der Waals surface area contributed by atoms with Gasteiger partial charge in [0.15, 0.2) is 0 Å². The Bertz CT molecular complexity index is 1020. The Labute approximate surface area is 164 Å². The van der Waals surface area contributed by atoms with E-state index < -0.39 is 0 Å². The fraction of sp³-hybridized carbons (Fsp3) is 0.0800. The van der Waals surface area contributed by atoms with Crippen LogP contribution in [0.1, 0.15) is 17.0 Å². The second-order valence-electron chi connectivity index (χ2n) is 6.65. The van der Waals surface area contributed by atoms with Crippen LogP contribution in [0.4, 0.5) is 10.1 Å². The fourth-order valence-corrected chi connectivity index (χ4v) is 3.43. The summed E-state index contributed by atoms with van der Waals surface area (Å²) in [6, 6.07) is 31.1. The van der Waals surface area contributed by atoms with Crippen molar-refractivity contribution in [3.8, 4) is 11.3 Å². The van der Waals surface area contributed by atoms with Crippen LogP contribution in [0.5, 0.6) is 0 Å². The third-order valence-corrected chi connectivity index (χ3v) is 4.83. The molecular weight excluding hydrogens is 347 g/mol. The zero-order valence-corrected chi connectivity index (χ0v) is 15.4. The Morgan fingerprint density at radius 1 is 0.750 bits per heavy atom. The van der Waals surface area contributed by atoms with Crippen molar-refractivity contribution in [2.75, 3.05) is 11.9 Å². The number of nitrogens with one attached hydrogen (secondary N) is 1. The van der Waals surface area contributed by atoms with E-state index in [0.717, 1.165) is 28.1 Å². The molecule has 0 spiro atoms. The summed E-state index contributed by atoms with van der Waals surface area (Å²) in [5, 5.41) is 3.52. The van der Waals surface area contributed by atoms with Crippen LogP contribution in [0.2, 0.25) is 0 Å². The van der Waals surface area contributed by atoms with Crippen molar-refractivity contribution in [1.29, 1.82) is 0 Å². The highest BCUT2D eigenvalue weighted by Gasteiger charge is 2.19. The van der Waals surface area contributed by atoms with E-state index in [1.807, 2.05) is 72.8 Å². The maximum Gasteiger partial charge on any atom is 0.123 e. The van der Waals surface area contributed by atoms with Gasteiger partial charge in [0.05, 0.1) is 5.69 Å². The smallest absolute Gasteiger partial charge is 0.123 e. The lowest BCUT2D eigenvalue weighted by Gasteiger charge is -2.22. The molecule has 0 aliphatic rings. The van der Waals surface area contributed by atoms with Crippen molar-refractivity contribution in [2.45, 2.75) is 5.92 Å². The van der Waals surface area contributed by atoms with E-state index in [-0.39, 0.29) is 11.7 Å². The van der Waals surface area contributed by atoms with Gasteiger partial charge in [-0.25, -0.2) is 4.39 Å². The average Bonchev–Trinajstić information content (AvgIpc) is 2.77. The lowest BCUT2D eigenvalue weighted by molar-refractivity contribution is 0.626. The highest BCUT2D eigenvalue weighted by molar-refractivity contribution is 5.66. The quantitative estimate of drug-likeness (QED) is 0.443. The predicted octanol–water partition coefficient (Wildman–Crippen LogP) is 6.13. The normalized spacial score (nSPS) is 11.8. The molecule has 0 saturated carbocycles. The summed E-state index contributed by atoms with van der Waals surface area (Å²) < 4.78 is 13.5. The summed E-state index contributed by atoms with van der Waals surface area (Å²) in [5.74, 6) is -0.171. The van der Waals surface area contributed by atoms with Crippen LogP contribution >= 0.6 is 0 Å². The van der Waals surface area contributed by atoms with E-state index in [4.69, 9.17) is 0 Å². The maximum atomic E-state index is 13.5. The van der Waals surface area contributed by atoms with Gasteiger partial charge in [-0.3, -0.25) is 4.98 Å². The third-order valence-electron chi connectivity index (χ3n) is 4.83. The molecule has 0 aliphatic carbocycles. The monoisotopic (exact) mass is 368 g/mol. The van der Waals surface area contributed by atoms with E-state index in [1.165, 1.54) is 12.1 Å². The molecule has 1 aromatic heterocycles. The van der Waals surface area contributed by atoms with Crippen molar-refractivity contribution < 1.29 is 4.39 Å². The van der Waals surface area contributed by atoms with Gasteiger partial charge in [-0.2, -0.15) is 0 Å². The van der Waals surface area contributed by atoms with Gasteiger partial charge in [-0.05, 0) is 47.5 Å². The van der Waals surface area contributed by atoms with Crippen LogP contribution in [0, 0.1) is 5.82 Å². The molecular formula is C25H21FN2. The molecule has 4 rings (SSSR count). The molecule has 0 fully saturated rings. The van der Waals surface area contributed by atoms with Crippen LogP contribution in [-0.2, 0) is 0 Å². The molecule has 138 valence electrons. The van der Waals surface area contributed by atoms with Gasteiger partial charge in [0.25, 0.3) is 0 Å². The number of para-hydroxylation sites is 1. The molecule has 3 heteroatoms. The van der Waals surface area contributed by atoms with Gasteiger partial charge in [-0.15, -0.1) is 0 Å². The van der Waals surface area contributed by atoms with Crippen molar-refractivity contribution in [2.24, 2.45) is 0 Å². The van der Waals surface area contributed by atoms with Crippen LogP contribution < -0.4 is 5.32 Å². The first-order valence-corrected chi connectivity index (χ1v) is 9.36. The molecule has 1 heterocycles. The molecule has 1 N–H and O–H groups in total. The van der Waals surface area contributed by atoms with Crippen LogP contribution in [0.15, 0.2) is 103 Å². The first-order chi connectivity index (χ1) is 13.8. The number of hydrogen-bond acceptors (Lipinski definition) is 2.